The van der Waals surface area contributed by atoms with E-state index in [0.717, 1.165) is 12.8 Å². The van der Waals surface area contributed by atoms with E-state index in [4.69, 9.17) is 4.74 Å². The van der Waals surface area contributed by atoms with Gasteiger partial charge in [-0.3, -0.25) is 0 Å². The van der Waals surface area contributed by atoms with Crippen LogP contribution in [0.3, 0.4) is 0 Å². The van der Waals surface area contributed by atoms with Crippen molar-refractivity contribution in [2.75, 3.05) is 27.2 Å². The summed E-state index contributed by atoms with van der Waals surface area (Å²) in [5.74, 6) is 0. The second-order valence-corrected chi connectivity index (χ2v) is 5.86. The molecule has 0 bridgehead atoms. The molecule has 110 valence electrons. The number of hydrogen-bond donors (Lipinski definition) is 1. The Kier molecular flexibility index (Phi) is 5.03. The summed E-state index contributed by atoms with van der Waals surface area (Å²) in [5.41, 5.74) is -0.465. The first-order valence-electron chi connectivity index (χ1n) is 6.67. The molecule has 1 heterocycles. The fourth-order valence-corrected chi connectivity index (χ4v) is 2.10. The smallest absolute Gasteiger partial charge is 0.410 e. The van der Waals surface area contributed by atoms with Gasteiger partial charge in [0, 0.05) is 33.2 Å². The van der Waals surface area contributed by atoms with E-state index in [2.05, 4.69) is 5.32 Å². The van der Waals surface area contributed by atoms with Crippen LogP contribution in [0.1, 0.15) is 33.6 Å². The number of piperidine rings is 1. The highest BCUT2D eigenvalue weighted by molar-refractivity contribution is 5.74. The first kappa shape index (κ1) is 15.6. The molecule has 0 spiro atoms. The van der Waals surface area contributed by atoms with Crippen LogP contribution in [0, 0.1) is 0 Å². The highest BCUT2D eigenvalue weighted by Crippen LogP contribution is 2.18. The molecule has 1 rings (SSSR count). The van der Waals surface area contributed by atoms with Crippen molar-refractivity contribution < 1.29 is 14.3 Å². The Labute approximate surface area is 115 Å². The number of hydrogen-bond acceptors (Lipinski definition) is 3. The molecule has 1 fully saturated rings. The highest BCUT2D eigenvalue weighted by Gasteiger charge is 2.29. The van der Waals surface area contributed by atoms with Crippen LogP contribution < -0.4 is 5.32 Å². The second-order valence-electron chi connectivity index (χ2n) is 5.86. The molecular weight excluding hydrogens is 246 g/mol. The number of nitrogens with zero attached hydrogens (tertiary/aromatic N) is 2. The van der Waals surface area contributed by atoms with Crippen molar-refractivity contribution in [3.63, 3.8) is 0 Å². The standard InChI is InChI=1S/C13H25N3O3/c1-13(2,3)19-12(18)16-8-6-10(7-9-16)15(5)11(17)14-4/h10H,6-9H2,1-5H3,(H,14,17). The maximum absolute atomic E-state index is 11.9. The van der Waals surface area contributed by atoms with Gasteiger partial charge in [0.25, 0.3) is 0 Å². The molecule has 0 saturated carbocycles. The molecule has 6 heteroatoms. The van der Waals surface area contributed by atoms with Gasteiger partial charge in [-0.05, 0) is 33.6 Å². The minimum atomic E-state index is -0.465. The van der Waals surface area contributed by atoms with E-state index in [1.807, 2.05) is 20.8 Å². The van der Waals surface area contributed by atoms with Crippen LogP contribution in [-0.4, -0.2) is 60.8 Å². The fourth-order valence-electron chi connectivity index (χ4n) is 2.10. The predicted molar refractivity (Wildman–Crippen MR) is 73.0 cm³/mol. The maximum atomic E-state index is 11.9. The number of amides is 3. The van der Waals surface area contributed by atoms with Crippen LogP contribution in [0.5, 0.6) is 0 Å². The fraction of sp³-hybridized carbons (Fsp3) is 0.846. The molecule has 0 aromatic heterocycles. The van der Waals surface area contributed by atoms with Crippen LogP contribution in [0.15, 0.2) is 0 Å². The molecule has 1 aliphatic heterocycles. The topological polar surface area (TPSA) is 61.9 Å². The lowest BCUT2D eigenvalue weighted by Crippen LogP contribution is -2.50. The molecule has 0 atom stereocenters. The molecule has 0 unspecified atom stereocenters. The van der Waals surface area contributed by atoms with Gasteiger partial charge < -0.3 is 19.9 Å². The zero-order valence-electron chi connectivity index (χ0n) is 12.5. The summed E-state index contributed by atoms with van der Waals surface area (Å²) in [4.78, 5) is 26.8. The molecule has 3 amide bonds. The number of rotatable bonds is 1. The molecule has 1 N–H and O–H groups in total. The Morgan fingerprint density at radius 1 is 1.26 bits per heavy atom. The Hall–Kier alpha value is -1.46. The van der Waals surface area contributed by atoms with Crippen molar-refractivity contribution in [2.45, 2.75) is 45.3 Å². The minimum absolute atomic E-state index is 0.0873. The van der Waals surface area contributed by atoms with Crippen molar-refractivity contribution in [1.29, 1.82) is 0 Å². The van der Waals surface area contributed by atoms with Gasteiger partial charge in [0.05, 0.1) is 0 Å². The third kappa shape index (κ3) is 4.61. The van der Waals surface area contributed by atoms with Crippen molar-refractivity contribution >= 4 is 12.1 Å². The summed E-state index contributed by atoms with van der Waals surface area (Å²) in [6.45, 7) is 6.83. The van der Waals surface area contributed by atoms with Gasteiger partial charge in [0.1, 0.15) is 5.60 Å². The third-order valence-electron chi connectivity index (χ3n) is 3.20. The van der Waals surface area contributed by atoms with E-state index in [1.165, 1.54) is 0 Å². The lowest BCUT2D eigenvalue weighted by molar-refractivity contribution is 0.0173. The monoisotopic (exact) mass is 271 g/mol. The first-order chi connectivity index (χ1) is 8.74. The van der Waals surface area contributed by atoms with Crippen LogP contribution in [0.4, 0.5) is 9.59 Å². The summed E-state index contributed by atoms with van der Waals surface area (Å²) in [6, 6.07) is 0.0920. The summed E-state index contributed by atoms with van der Waals surface area (Å²) in [7, 11) is 3.40. The molecule has 6 nitrogen and oxygen atoms in total. The number of carbonyl (C=O) groups is 2. The van der Waals surface area contributed by atoms with Crippen molar-refractivity contribution in [1.82, 2.24) is 15.1 Å². The van der Waals surface area contributed by atoms with E-state index >= 15 is 0 Å². The molecule has 19 heavy (non-hydrogen) atoms. The van der Waals surface area contributed by atoms with Crippen LogP contribution in [-0.2, 0) is 4.74 Å². The summed E-state index contributed by atoms with van der Waals surface area (Å²) >= 11 is 0. The third-order valence-corrected chi connectivity index (χ3v) is 3.20. The van der Waals surface area contributed by atoms with Gasteiger partial charge in [-0.25, -0.2) is 9.59 Å². The van der Waals surface area contributed by atoms with E-state index < -0.39 is 5.60 Å². The molecule has 1 saturated heterocycles. The number of nitrogens with one attached hydrogen (secondary N) is 1. The average Bonchev–Trinajstić information content (AvgIpc) is 2.35. The van der Waals surface area contributed by atoms with Gasteiger partial charge in [-0.15, -0.1) is 0 Å². The van der Waals surface area contributed by atoms with Gasteiger partial charge in [0.2, 0.25) is 0 Å². The average molecular weight is 271 g/mol. The Morgan fingerprint density at radius 2 is 1.79 bits per heavy atom. The first-order valence-corrected chi connectivity index (χ1v) is 6.67. The number of likely N-dealkylation sites (tertiary alicyclic amines) is 1. The zero-order valence-corrected chi connectivity index (χ0v) is 12.5. The van der Waals surface area contributed by atoms with E-state index in [9.17, 15) is 9.59 Å². The largest absolute Gasteiger partial charge is 0.444 e. The van der Waals surface area contributed by atoms with Crippen LogP contribution >= 0.6 is 0 Å². The molecular formula is C13H25N3O3. The Bertz CT molecular complexity index is 331. The van der Waals surface area contributed by atoms with Gasteiger partial charge in [-0.1, -0.05) is 0 Å². The molecule has 0 radical (unpaired) electrons. The van der Waals surface area contributed by atoms with Gasteiger partial charge in [-0.2, -0.15) is 0 Å². The maximum Gasteiger partial charge on any atom is 0.410 e. The van der Waals surface area contributed by atoms with E-state index in [1.54, 1.807) is 23.9 Å². The normalized spacial score (nSPS) is 17.0. The lowest BCUT2D eigenvalue weighted by Gasteiger charge is -2.37. The molecule has 1 aliphatic rings. The second kappa shape index (κ2) is 6.12. The van der Waals surface area contributed by atoms with E-state index in [0.29, 0.717) is 13.1 Å². The number of ether oxygens (including phenoxy) is 1. The molecule has 0 aliphatic carbocycles. The Balaban J connectivity index is 2.45. The SMILES string of the molecule is CNC(=O)N(C)C1CCN(C(=O)OC(C)(C)C)CC1. The predicted octanol–water partition coefficient (Wildman–Crippen LogP) is 1.66. The lowest BCUT2D eigenvalue weighted by atomic mass is 10.0. The van der Waals surface area contributed by atoms with Crippen molar-refractivity contribution in [3.05, 3.63) is 0 Å². The van der Waals surface area contributed by atoms with Crippen molar-refractivity contribution in [3.8, 4) is 0 Å². The summed E-state index contributed by atoms with van der Waals surface area (Å²) in [6.07, 6.45) is 1.29. The minimum Gasteiger partial charge on any atom is -0.444 e. The highest BCUT2D eigenvalue weighted by atomic mass is 16.6. The zero-order chi connectivity index (χ0) is 14.6. The summed E-state index contributed by atoms with van der Waals surface area (Å²) < 4.78 is 5.34. The van der Waals surface area contributed by atoms with Crippen LogP contribution in [0.25, 0.3) is 0 Å². The number of urea groups is 1. The number of carbonyl (C=O) groups excluding carboxylic acids is 2. The molecule has 0 aromatic carbocycles. The Morgan fingerprint density at radius 3 is 2.21 bits per heavy atom. The van der Waals surface area contributed by atoms with E-state index in [-0.39, 0.29) is 18.2 Å². The summed E-state index contributed by atoms with van der Waals surface area (Å²) in [5, 5.41) is 2.61. The van der Waals surface area contributed by atoms with Crippen molar-refractivity contribution in [2.24, 2.45) is 0 Å². The van der Waals surface area contributed by atoms with Gasteiger partial charge in [0.15, 0.2) is 0 Å². The quantitative estimate of drug-likeness (QED) is 0.789. The molecule has 0 aromatic rings. The van der Waals surface area contributed by atoms with Gasteiger partial charge >= 0.3 is 12.1 Å². The van der Waals surface area contributed by atoms with Crippen LogP contribution in [0.2, 0.25) is 0 Å².